The third kappa shape index (κ3) is 5.03. The smallest absolute Gasteiger partial charge is 0.420 e. The summed E-state index contributed by atoms with van der Waals surface area (Å²) in [6, 6.07) is 13.0. The van der Waals surface area contributed by atoms with Crippen molar-refractivity contribution in [3.63, 3.8) is 0 Å². The topological polar surface area (TPSA) is 82.2 Å². The monoisotopic (exact) mass is 438 g/mol. The fourth-order valence-corrected chi connectivity index (χ4v) is 4.19. The number of piperazine rings is 1. The van der Waals surface area contributed by atoms with Crippen molar-refractivity contribution in [3.05, 3.63) is 64.1 Å². The zero-order valence-electron chi connectivity index (χ0n) is 18.7. The molecule has 0 radical (unpaired) electrons. The van der Waals surface area contributed by atoms with Crippen molar-refractivity contribution in [1.82, 2.24) is 14.4 Å². The molecule has 2 heterocycles. The van der Waals surface area contributed by atoms with Gasteiger partial charge in [0, 0.05) is 38.4 Å². The maximum atomic E-state index is 12.4. The number of carboxylic acid groups (broad SMARTS) is 1. The first-order valence-corrected chi connectivity index (χ1v) is 11.0. The Kier molecular flexibility index (Phi) is 6.62. The van der Waals surface area contributed by atoms with Crippen LogP contribution in [0.2, 0.25) is 0 Å². The molecule has 0 saturated carbocycles. The Morgan fingerprint density at radius 3 is 2.66 bits per heavy atom. The van der Waals surface area contributed by atoms with Gasteiger partial charge in [-0.25, -0.2) is 9.59 Å². The highest BCUT2D eigenvalue weighted by Gasteiger charge is 2.18. The number of aryl methyl sites for hydroxylation is 1. The molecule has 0 bridgehead atoms. The number of amides is 1. The fraction of sp³-hybridized carbons (Fsp3) is 0.417. The van der Waals surface area contributed by atoms with Crippen LogP contribution >= 0.6 is 0 Å². The average molecular weight is 439 g/mol. The number of nitrogens with zero attached hydrogens (tertiary/aromatic N) is 4. The van der Waals surface area contributed by atoms with Crippen LogP contribution in [0.3, 0.4) is 0 Å². The number of hydrogen-bond acceptors (Lipinski definition) is 5. The van der Waals surface area contributed by atoms with Crippen LogP contribution in [0, 0.1) is 6.92 Å². The highest BCUT2D eigenvalue weighted by Crippen LogP contribution is 2.20. The number of oxazole rings is 1. The van der Waals surface area contributed by atoms with E-state index >= 15 is 0 Å². The minimum atomic E-state index is -0.970. The molecule has 1 saturated heterocycles. The Morgan fingerprint density at radius 1 is 1.12 bits per heavy atom. The molecule has 0 aliphatic carbocycles. The summed E-state index contributed by atoms with van der Waals surface area (Å²) in [5.41, 5.74) is 3.77. The van der Waals surface area contributed by atoms with Crippen molar-refractivity contribution in [1.29, 1.82) is 0 Å². The van der Waals surface area contributed by atoms with E-state index in [0.717, 1.165) is 55.8 Å². The molecule has 1 fully saturated rings. The van der Waals surface area contributed by atoms with E-state index in [1.54, 1.807) is 10.6 Å². The lowest BCUT2D eigenvalue weighted by Crippen LogP contribution is -2.45. The van der Waals surface area contributed by atoms with Gasteiger partial charge in [0.1, 0.15) is 0 Å². The van der Waals surface area contributed by atoms with Crippen LogP contribution in [0.15, 0.2) is 51.7 Å². The summed E-state index contributed by atoms with van der Waals surface area (Å²) in [7, 11) is 2.12. The molecule has 0 spiro atoms. The summed E-state index contributed by atoms with van der Waals surface area (Å²) in [6.45, 7) is 7.71. The Labute approximate surface area is 187 Å². The third-order valence-electron chi connectivity index (χ3n) is 6.07. The first-order valence-electron chi connectivity index (χ1n) is 11.0. The number of carbonyl (C=O) groups is 1. The molecule has 32 heavy (non-hydrogen) atoms. The van der Waals surface area contributed by atoms with Crippen molar-refractivity contribution < 1.29 is 14.3 Å². The normalized spacial score (nSPS) is 15.3. The van der Waals surface area contributed by atoms with Gasteiger partial charge in [-0.3, -0.25) is 9.47 Å². The number of rotatable bonds is 7. The van der Waals surface area contributed by atoms with E-state index < -0.39 is 11.8 Å². The van der Waals surface area contributed by atoms with E-state index in [1.807, 2.05) is 43.3 Å². The van der Waals surface area contributed by atoms with Gasteiger partial charge in [0.25, 0.3) is 0 Å². The van der Waals surface area contributed by atoms with Gasteiger partial charge in [0.05, 0.1) is 12.1 Å². The lowest BCUT2D eigenvalue weighted by molar-refractivity contribution is 0.153. The summed E-state index contributed by atoms with van der Waals surface area (Å²) < 4.78 is 6.96. The number of fused-ring (bicyclic) bond motifs is 1. The highest BCUT2D eigenvalue weighted by atomic mass is 16.4. The first-order chi connectivity index (χ1) is 15.4. The van der Waals surface area contributed by atoms with Crippen molar-refractivity contribution in [3.8, 4) is 0 Å². The Balaban J connectivity index is 1.46. The molecule has 2 aromatic carbocycles. The fourth-order valence-electron chi connectivity index (χ4n) is 4.19. The molecule has 1 aliphatic rings. The predicted molar refractivity (Wildman–Crippen MR) is 125 cm³/mol. The maximum Gasteiger partial charge on any atom is 0.420 e. The Morgan fingerprint density at radius 2 is 1.91 bits per heavy atom. The summed E-state index contributed by atoms with van der Waals surface area (Å²) in [5, 5.41) is 9.79. The van der Waals surface area contributed by atoms with Gasteiger partial charge in [-0.1, -0.05) is 18.2 Å². The molecule has 3 aromatic rings. The van der Waals surface area contributed by atoms with E-state index in [9.17, 15) is 14.7 Å². The average Bonchev–Trinajstić information content (AvgIpc) is 3.06. The molecule has 1 amide bonds. The van der Waals surface area contributed by atoms with Crippen LogP contribution in [0.1, 0.15) is 17.5 Å². The lowest BCUT2D eigenvalue weighted by atomic mass is 10.1. The second-order valence-corrected chi connectivity index (χ2v) is 8.53. The summed E-state index contributed by atoms with van der Waals surface area (Å²) in [4.78, 5) is 30.4. The molecule has 0 atom stereocenters. The summed E-state index contributed by atoms with van der Waals surface area (Å²) in [6.07, 6.45) is -0.201. The SMILES string of the molecule is Cc1ccc2c(c1)oc(=O)n2Cc1cccc(N(CCCN2CCN(C)CC2)C(=O)O)c1. The molecule has 8 heteroatoms. The van der Waals surface area contributed by atoms with Crippen molar-refractivity contribution in [2.24, 2.45) is 0 Å². The quantitative estimate of drug-likeness (QED) is 0.611. The second-order valence-electron chi connectivity index (χ2n) is 8.53. The highest BCUT2D eigenvalue weighted by molar-refractivity contribution is 5.86. The summed E-state index contributed by atoms with van der Waals surface area (Å²) >= 11 is 0. The number of anilines is 1. The second kappa shape index (κ2) is 9.58. The number of aromatic nitrogens is 1. The van der Waals surface area contributed by atoms with E-state index in [2.05, 4.69) is 16.8 Å². The zero-order chi connectivity index (χ0) is 22.7. The molecule has 0 unspecified atom stereocenters. The van der Waals surface area contributed by atoms with E-state index in [0.29, 0.717) is 24.4 Å². The lowest BCUT2D eigenvalue weighted by Gasteiger charge is -2.32. The summed E-state index contributed by atoms with van der Waals surface area (Å²) in [5.74, 6) is -0.418. The Hall–Kier alpha value is -3.10. The molecule has 170 valence electrons. The molecular formula is C24H30N4O4. The van der Waals surface area contributed by atoms with Gasteiger partial charge in [-0.2, -0.15) is 0 Å². The maximum absolute atomic E-state index is 12.4. The van der Waals surface area contributed by atoms with Crippen LogP contribution in [0.4, 0.5) is 10.5 Å². The molecular weight excluding hydrogens is 408 g/mol. The minimum Gasteiger partial charge on any atom is -0.465 e. The molecule has 1 aliphatic heterocycles. The first kappa shape index (κ1) is 22.1. The van der Waals surface area contributed by atoms with Gasteiger partial charge in [0.2, 0.25) is 0 Å². The van der Waals surface area contributed by atoms with Gasteiger partial charge in [0.15, 0.2) is 5.58 Å². The number of benzene rings is 2. The van der Waals surface area contributed by atoms with E-state index in [1.165, 1.54) is 4.90 Å². The molecule has 1 N–H and O–H groups in total. The van der Waals surface area contributed by atoms with Crippen LogP contribution in [-0.2, 0) is 6.54 Å². The number of hydrogen-bond donors (Lipinski definition) is 1. The Bertz CT molecular complexity index is 1140. The van der Waals surface area contributed by atoms with Crippen LogP contribution in [0.25, 0.3) is 11.1 Å². The van der Waals surface area contributed by atoms with Crippen molar-refractivity contribution >= 4 is 22.9 Å². The van der Waals surface area contributed by atoms with Crippen molar-refractivity contribution in [2.75, 3.05) is 51.2 Å². The molecule has 1 aromatic heterocycles. The minimum absolute atomic E-state index is 0.317. The van der Waals surface area contributed by atoms with E-state index in [4.69, 9.17) is 4.42 Å². The predicted octanol–water partition coefficient (Wildman–Crippen LogP) is 3.07. The van der Waals surface area contributed by atoms with Crippen LogP contribution in [0.5, 0.6) is 0 Å². The van der Waals surface area contributed by atoms with Crippen LogP contribution in [-0.4, -0.2) is 71.9 Å². The van der Waals surface area contributed by atoms with Gasteiger partial charge in [-0.15, -0.1) is 0 Å². The standard InChI is InChI=1S/C24H30N4O4/c1-18-7-8-21-22(15-18)32-24(31)28(21)17-19-5-3-6-20(16-19)27(23(29)30)10-4-9-26-13-11-25(2)12-14-26/h3,5-8,15-16H,4,9-14,17H2,1-2H3,(H,29,30). The molecule has 4 rings (SSSR count). The third-order valence-corrected chi connectivity index (χ3v) is 6.07. The zero-order valence-corrected chi connectivity index (χ0v) is 18.7. The van der Waals surface area contributed by atoms with Crippen molar-refractivity contribution in [2.45, 2.75) is 19.9 Å². The van der Waals surface area contributed by atoms with Crippen LogP contribution < -0.4 is 10.7 Å². The largest absolute Gasteiger partial charge is 0.465 e. The number of likely N-dealkylation sites (N-methyl/N-ethyl adjacent to an activating group) is 1. The molecule has 8 nitrogen and oxygen atoms in total. The van der Waals surface area contributed by atoms with E-state index in [-0.39, 0.29) is 0 Å². The van der Waals surface area contributed by atoms with Gasteiger partial charge >= 0.3 is 11.8 Å². The van der Waals surface area contributed by atoms with Gasteiger partial charge in [-0.05, 0) is 62.3 Å². The van der Waals surface area contributed by atoms with Gasteiger partial charge < -0.3 is 19.3 Å².